The van der Waals surface area contributed by atoms with Crippen LogP contribution in [0.25, 0.3) is 0 Å². The summed E-state index contributed by atoms with van der Waals surface area (Å²) in [6, 6.07) is 9.70. The molecule has 0 radical (unpaired) electrons. The fraction of sp³-hybridized carbons (Fsp3) is 0.200. The normalized spacial score (nSPS) is 12.9. The van der Waals surface area contributed by atoms with E-state index in [0.717, 1.165) is 39.5 Å². The molecule has 0 atom stereocenters. The van der Waals surface area contributed by atoms with Crippen molar-refractivity contribution in [2.75, 3.05) is 11.9 Å². The molecule has 3 rings (SSSR count). The first-order valence-electron chi connectivity index (χ1n) is 6.26. The van der Waals surface area contributed by atoms with Crippen molar-refractivity contribution in [2.45, 2.75) is 13.0 Å². The summed E-state index contributed by atoms with van der Waals surface area (Å²) in [6.45, 7) is 1.38. The maximum absolute atomic E-state index is 6.15. The number of anilines is 1. The van der Waals surface area contributed by atoms with E-state index in [1.165, 1.54) is 5.56 Å². The molecule has 0 saturated heterocycles. The molecular weight excluding hydrogens is 361 g/mol. The predicted molar refractivity (Wildman–Crippen MR) is 87.1 cm³/mol. The molecule has 2 aromatic rings. The summed E-state index contributed by atoms with van der Waals surface area (Å²) >= 11 is 15.6. The average Bonchev–Trinajstić information content (AvgIpc) is 2.88. The molecule has 1 aliphatic heterocycles. The van der Waals surface area contributed by atoms with Gasteiger partial charge in [0.25, 0.3) is 0 Å². The summed E-state index contributed by atoms with van der Waals surface area (Å²) in [5.41, 5.74) is 3.22. The number of ether oxygens (including phenoxy) is 1. The van der Waals surface area contributed by atoms with E-state index in [9.17, 15) is 0 Å². The lowest BCUT2D eigenvalue weighted by Gasteiger charge is -2.11. The topological polar surface area (TPSA) is 21.3 Å². The van der Waals surface area contributed by atoms with Crippen molar-refractivity contribution in [2.24, 2.45) is 0 Å². The first kappa shape index (κ1) is 14.1. The van der Waals surface area contributed by atoms with Gasteiger partial charge in [-0.2, -0.15) is 0 Å². The van der Waals surface area contributed by atoms with E-state index in [0.29, 0.717) is 11.6 Å². The van der Waals surface area contributed by atoms with Crippen LogP contribution in [-0.2, 0) is 13.0 Å². The molecule has 104 valence electrons. The van der Waals surface area contributed by atoms with Crippen molar-refractivity contribution in [3.63, 3.8) is 0 Å². The smallest absolute Gasteiger partial charge is 0.127 e. The minimum absolute atomic E-state index is 0.654. The van der Waals surface area contributed by atoms with Gasteiger partial charge in [-0.3, -0.25) is 0 Å². The van der Waals surface area contributed by atoms with Crippen LogP contribution >= 0.6 is 39.1 Å². The van der Waals surface area contributed by atoms with E-state index in [2.05, 4.69) is 21.2 Å². The molecule has 0 aromatic heterocycles. The highest BCUT2D eigenvalue weighted by Gasteiger charge is 2.17. The van der Waals surface area contributed by atoms with Crippen LogP contribution in [0.5, 0.6) is 5.75 Å². The fourth-order valence-corrected chi connectivity index (χ4v) is 2.97. The molecule has 20 heavy (non-hydrogen) atoms. The summed E-state index contributed by atoms with van der Waals surface area (Å²) in [6.07, 6.45) is 0.924. The number of nitrogens with one attached hydrogen (secondary N) is 1. The molecule has 0 spiro atoms. The molecule has 0 fully saturated rings. The number of halogens is 3. The number of fused-ring (bicyclic) bond motifs is 1. The van der Waals surface area contributed by atoms with Gasteiger partial charge in [-0.1, -0.05) is 23.2 Å². The zero-order valence-corrected chi connectivity index (χ0v) is 13.6. The van der Waals surface area contributed by atoms with E-state index in [-0.39, 0.29) is 0 Å². The van der Waals surface area contributed by atoms with Crippen LogP contribution in [0.4, 0.5) is 5.69 Å². The zero-order chi connectivity index (χ0) is 14.1. The lowest BCUT2D eigenvalue weighted by atomic mass is 10.1. The van der Waals surface area contributed by atoms with Gasteiger partial charge in [0.15, 0.2) is 0 Å². The first-order valence-corrected chi connectivity index (χ1v) is 7.81. The molecule has 0 unspecified atom stereocenters. The second kappa shape index (κ2) is 5.84. The Morgan fingerprint density at radius 2 is 2.05 bits per heavy atom. The summed E-state index contributed by atoms with van der Waals surface area (Å²) in [7, 11) is 0. The predicted octanol–water partition coefficient (Wildman–Crippen LogP) is 5.30. The van der Waals surface area contributed by atoms with Crippen LogP contribution in [0.1, 0.15) is 11.1 Å². The van der Waals surface area contributed by atoms with Crippen LogP contribution in [0.2, 0.25) is 10.0 Å². The zero-order valence-electron chi connectivity index (χ0n) is 10.6. The second-order valence-corrected chi connectivity index (χ2v) is 6.33. The van der Waals surface area contributed by atoms with Crippen molar-refractivity contribution in [3.8, 4) is 5.75 Å². The van der Waals surface area contributed by atoms with Gasteiger partial charge < -0.3 is 10.1 Å². The van der Waals surface area contributed by atoms with Gasteiger partial charge in [-0.05, 0) is 51.8 Å². The Hall–Kier alpha value is -0.900. The third-order valence-corrected chi connectivity index (χ3v) is 4.68. The quantitative estimate of drug-likeness (QED) is 0.788. The highest BCUT2D eigenvalue weighted by molar-refractivity contribution is 9.10. The van der Waals surface area contributed by atoms with Gasteiger partial charge in [0.2, 0.25) is 0 Å². The van der Waals surface area contributed by atoms with Gasteiger partial charge in [0.1, 0.15) is 5.75 Å². The van der Waals surface area contributed by atoms with Crippen molar-refractivity contribution in [1.82, 2.24) is 0 Å². The van der Waals surface area contributed by atoms with Gasteiger partial charge in [0.05, 0.1) is 11.6 Å². The molecule has 1 N–H and O–H groups in total. The third kappa shape index (κ3) is 2.90. The van der Waals surface area contributed by atoms with E-state index in [1.807, 2.05) is 30.3 Å². The van der Waals surface area contributed by atoms with E-state index in [4.69, 9.17) is 27.9 Å². The molecule has 1 heterocycles. The highest BCUT2D eigenvalue weighted by atomic mass is 79.9. The standard InChI is InChI=1S/C15H12BrCl2NO/c16-13-2-1-12(7-14(13)18)19-8-10-6-11(17)5-9-3-4-20-15(9)10/h1-2,5-7,19H,3-4,8H2. The Kier molecular flexibility index (Phi) is 4.11. The van der Waals surface area contributed by atoms with E-state index in [1.54, 1.807) is 0 Å². The van der Waals surface area contributed by atoms with Gasteiger partial charge >= 0.3 is 0 Å². The van der Waals surface area contributed by atoms with E-state index >= 15 is 0 Å². The number of rotatable bonds is 3. The fourth-order valence-electron chi connectivity index (χ4n) is 2.28. The van der Waals surface area contributed by atoms with Crippen LogP contribution < -0.4 is 10.1 Å². The number of hydrogen-bond donors (Lipinski definition) is 1. The Morgan fingerprint density at radius 3 is 2.85 bits per heavy atom. The Labute approximate surface area is 136 Å². The molecular formula is C15H12BrCl2NO. The molecule has 0 amide bonds. The maximum atomic E-state index is 6.15. The van der Waals surface area contributed by atoms with Crippen LogP contribution in [0.3, 0.4) is 0 Å². The van der Waals surface area contributed by atoms with Crippen molar-refractivity contribution in [3.05, 3.63) is 56.0 Å². The summed E-state index contributed by atoms with van der Waals surface area (Å²) in [5.74, 6) is 0.963. The minimum atomic E-state index is 0.654. The molecule has 5 heteroatoms. The lowest BCUT2D eigenvalue weighted by Crippen LogP contribution is -2.01. The van der Waals surface area contributed by atoms with Crippen LogP contribution in [0.15, 0.2) is 34.8 Å². The summed E-state index contributed by atoms with van der Waals surface area (Å²) < 4.78 is 6.57. The monoisotopic (exact) mass is 371 g/mol. The molecule has 0 bridgehead atoms. The Bertz CT molecular complexity index is 661. The number of benzene rings is 2. The van der Waals surface area contributed by atoms with E-state index < -0.39 is 0 Å². The van der Waals surface area contributed by atoms with Crippen molar-refractivity contribution < 1.29 is 4.74 Å². The van der Waals surface area contributed by atoms with Crippen molar-refractivity contribution in [1.29, 1.82) is 0 Å². The van der Waals surface area contributed by atoms with Gasteiger partial charge in [0, 0.05) is 33.7 Å². The molecule has 1 aliphatic rings. The summed E-state index contributed by atoms with van der Waals surface area (Å²) in [5, 5.41) is 4.77. The molecule has 2 nitrogen and oxygen atoms in total. The second-order valence-electron chi connectivity index (χ2n) is 4.63. The Morgan fingerprint density at radius 1 is 1.20 bits per heavy atom. The van der Waals surface area contributed by atoms with Crippen LogP contribution in [0, 0.1) is 0 Å². The van der Waals surface area contributed by atoms with Gasteiger partial charge in [-0.25, -0.2) is 0 Å². The van der Waals surface area contributed by atoms with Crippen LogP contribution in [-0.4, -0.2) is 6.61 Å². The molecule has 0 saturated carbocycles. The minimum Gasteiger partial charge on any atom is -0.493 e. The average molecular weight is 373 g/mol. The highest BCUT2D eigenvalue weighted by Crippen LogP contribution is 2.33. The molecule has 0 aliphatic carbocycles. The molecule has 2 aromatic carbocycles. The Balaban J connectivity index is 1.80. The number of hydrogen-bond acceptors (Lipinski definition) is 2. The SMILES string of the molecule is Clc1cc2c(c(CNc3ccc(Br)c(Cl)c3)c1)OCC2. The summed E-state index contributed by atoms with van der Waals surface area (Å²) in [4.78, 5) is 0. The third-order valence-electron chi connectivity index (χ3n) is 3.23. The first-order chi connectivity index (χ1) is 9.63. The lowest BCUT2D eigenvalue weighted by molar-refractivity contribution is 0.354. The maximum Gasteiger partial charge on any atom is 0.127 e. The van der Waals surface area contributed by atoms with Crippen molar-refractivity contribution >= 4 is 44.8 Å². The van der Waals surface area contributed by atoms with Gasteiger partial charge in [-0.15, -0.1) is 0 Å². The largest absolute Gasteiger partial charge is 0.493 e.